The van der Waals surface area contributed by atoms with E-state index in [0.29, 0.717) is 0 Å². The number of hydrogen-bond donors (Lipinski definition) is 0. The quantitative estimate of drug-likeness (QED) is 0.385. The Hall–Kier alpha value is -2.85. The summed E-state index contributed by atoms with van der Waals surface area (Å²) >= 11 is 5.58. The molecule has 3 nitrogen and oxygen atoms in total. The maximum atomic E-state index is 14.9. The molecule has 3 aromatic carbocycles. The molecule has 5 heteroatoms. The summed E-state index contributed by atoms with van der Waals surface area (Å²) in [5, 5.41) is 0. The molecule has 0 heterocycles. The van der Waals surface area contributed by atoms with E-state index in [1.54, 1.807) is 0 Å². The van der Waals surface area contributed by atoms with Crippen molar-refractivity contribution in [2.24, 2.45) is 0 Å². The molecule has 3 aromatic rings. The van der Waals surface area contributed by atoms with E-state index in [1.807, 2.05) is 60.7 Å². The Kier molecular flexibility index (Phi) is 6.44. The first-order valence-electron chi connectivity index (χ1n) is 8.44. The molecule has 0 aliphatic carbocycles. The first-order chi connectivity index (χ1) is 13.2. The van der Waals surface area contributed by atoms with Crippen LogP contribution in [0.5, 0.6) is 11.5 Å². The fourth-order valence-electron chi connectivity index (χ4n) is 2.54. The van der Waals surface area contributed by atoms with Crippen molar-refractivity contribution in [3.63, 3.8) is 0 Å². The van der Waals surface area contributed by atoms with E-state index in [9.17, 15) is 9.18 Å². The van der Waals surface area contributed by atoms with Gasteiger partial charge in [0.15, 0.2) is 23.1 Å². The van der Waals surface area contributed by atoms with E-state index in [2.05, 4.69) is 0 Å². The maximum Gasteiger partial charge on any atom is 0.198 e. The second-order valence-electron chi connectivity index (χ2n) is 5.86. The smallest absolute Gasteiger partial charge is 0.198 e. The zero-order valence-electron chi connectivity index (χ0n) is 14.5. The first kappa shape index (κ1) is 18.9. The van der Waals surface area contributed by atoms with Crippen LogP contribution in [0.3, 0.4) is 0 Å². The Bertz CT molecular complexity index is 898. The minimum Gasteiger partial charge on any atom is -0.485 e. The Labute approximate surface area is 162 Å². The largest absolute Gasteiger partial charge is 0.485 e. The summed E-state index contributed by atoms with van der Waals surface area (Å²) in [5.41, 5.74) is 1.70. The molecule has 0 amide bonds. The SMILES string of the molecule is O=C(CCl)c1ccc(OCc2ccccc2)c(OCc2ccccc2)c1F. The number of halogens is 2. The molecular weight excluding hydrogens is 367 g/mol. The summed E-state index contributed by atoms with van der Waals surface area (Å²) in [6, 6.07) is 21.8. The summed E-state index contributed by atoms with van der Waals surface area (Å²) in [6.45, 7) is 0.406. The number of benzene rings is 3. The third-order valence-corrected chi connectivity index (χ3v) is 4.19. The predicted octanol–water partition coefficient (Wildman–Crippen LogP) is 5.41. The minimum absolute atomic E-state index is 0.0919. The van der Waals surface area contributed by atoms with Gasteiger partial charge in [-0.15, -0.1) is 11.6 Å². The molecule has 0 aliphatic heterocycles. The number of hydrogen-bond acceptors (Lipinski definition) is 3. The molecular formula is C22H18ClFO3. The molecule has 0 N–H and O–H groups in total. The van der Waals surface area contributed by atoms with E-state index >= 15 is 0 Å². The molecule has 0 saturated carbocycles. The van der Waals surface area contributed by atoms with Crippen LogP contribution >= 0.6 is 11.6 Å². The Morgan fingerprint density at radius 2 is 1.37 bits per heavy atom. The third-order valence-electron chi connectivity index (χ3n) is 3.95. The van der Waals surface area contributed by atoms with Gasteiger partial charge in [-0.3, -0.25) is 4.79 Å². The zero-order valence-corrected chi connectivity index (χ0v) is 15.3. The fourth-order valence-corrected chi connectivity index (χ4v) is 2.68. The van der Waals surface area contributed by atoms with Crippen LogP contribution < -0.4 is 9.47 Å². The van der Waals surface area contributed by atoms with Gasteiger partial charge in [0.05, 0.1) is 11.4 Å². The number of carbonyl (C=O) groups is 1. The topological polar surface area (TPSA) is 35.5 Å². The van der Waals surface area contributed by atoms with Crippen LogP contribution in [0.2, 0.25) is 0 Å². The van der Waals surface area contributed by atoms with Crippen LogP contribution in [0.25, 0.3) is 0 Å². The van der Waals surface area contributed by atoms with Crippen molar-refractivity contribution in [2.75, 3.05) is 5.88 Å². The van der Waals surface area contributed by atoms with Gasteiger partial charge < -0.3 is 9.47 Å². The lowest BCUT2D eigenvalue weighted by molar-refractivity contribution is 0.101. The zero-order chi connectivity index (χ0) is 19.1. The molecule has 0 fully saturated rings. The van der Waals surface area contributed by atoms with Crippen LogP contribution in [0.1, 0.15) is 21.5 Å². The van der Waals surface area contributed by atoms with Gasteiger partial charge in [-0.1, -0.05) is 60.7 Å². The Morgan fingerprint density at radius 1 is 0.815 bits per heavy atom. The van der Waals surface area contributed by atoms with Crippen LogP contribution in [0, 0.1) is 5.82 Å². The van der Waals surface area contributed by atoms with Gasteiger partial charge in [0, 0.05) is 0 Å². The van der Waals surface area contributed by atoms with Crippen molar-refractivity contribution in [3.8, 4) is 11.5 Å². The van der Waals surface area contributed by atoms with Crippen molar-refractivity contribution in [1.29, 1.82) is 0 Å². The van der Waals surface area contributed by atoms with E-state index in [-0.39, 0.29) is 36.2 Å². The standard InChI is InChI=1S/C22H18ClFO3/c23-13-19(25)18-11-12-20(26-14-16-7-3-1-4-8-16)22(21(18)24)27-15-17-9-5-2-6-10-17/h1-12H,13-15H2. The number of carbonyl (C=O) groups excluding carboxylic acids is 1. The van der Waals surface area contributed by atoms with Gasteiger partial charge in [0.1, 0.15) is 13.2 Å². The summed E-state index contributed by atoms with van der Waals surface area (Å²) in [4.78, 5) is 11.9. The third kappa shape index (κ3) is 4.86. The van der Waals surface area contributed by atoms with Crippen molar-refractivity contribution in [3.05, 3.63) is 95.3 Å². The molecule has 0 aliphatic rings. The van der Waals surface area contributed by atoms with Gasteiger partial charge in [-0.25, -0.2) is 4.39 Å². The van der Waals surface area contributed by atoms with Crippen LogP contribution in [0.4, 0.5) is 4.39 Å². The highest BCUT2D eigenvalue weighted by atomic mass is 35.5. The fraction of sp³-hybridized carbons (Fsp3) is 0.136. The lowest BCUT2D eigenvalue weighted by Gasteiger charge is -2.15. The molecule has 0 saturated heterocycles. The number of rotatable bonds is 8. The van der Waals surface area contributed by atoms with E-state index in [0.717, 1.165) is 11.1 Å². The average molecular weight is 385 g/mol. The normalized spacial score (nSPS) is 10.4. The predicted molar refractivity (Wildman–Crippen MR) is 103 cm³/mol. The van der Waals surface area contributed by atoms with Gasteiger partial charge in [0.25, 0.3) is 0 Å². The first-order valence-corrected chi connectivity index (χ1v) is 8.97. The molecule has 27 heavy (non-hydrogen) atoms. The molecule has 0 unspecified atom stereocenters. The Balaban J connectivity index is 1.86. The lowest BCUT2D eigenvalue weighted by atomic mass is 10.1. The monoisotopic (exact) mass is 384 g/mol. The molecule has 138 valence electrons. The van der Waals surface area contributed by atoms with Crippen molar-refractivity contribution >= 4 is 17.4 Å². The summed E-state index contributed by atoms with van der Waals surface area (Å²) < 4.78 is 26.3. The Morgan fingerprint density at radius 3 is 1.93 bits per heavy atom. The average Bonchev–Trinajstić information content (AvgIpc) is 2.72. The van der Waals surface area contributed by atoms with Gasteiger partial charge >= 0.3 is 0 Å². The van der Waals surface area contributed by atoms with Crippen LogP contribution in [-0.2, 0) is 13.2 Å². The molecule has 0 bridgehead atoms. The highest BCUT2D eigenvalue weighted by molar-refractivity contribution is 6.30. The number of ether oxygens (including phenoxy) is 2. The second-order valence-corrected chi connectivity index (χ2v) is 6.13. The lowest BCUT2D eigenvalue weighted by Crippen LogP contribution is -2.08. The molecule has 3 rings (SSSR count). The highest BCUT2D eigenvalue weighted by Crippen LogP contribution is 2.34. The molecule has 0 atom stereocenters. The summed E-state index contributed by atoms with van der Waals surface area (Å²) in [7, 11) is 0. The second kappa shape index (κ2) is 9.19. The van der Waals surface area contributed by atoms with E-state index < -0.39 is 11.6 Å². The molecule has 0 spiro atoms. The molecule has 0 radical (unpaired) electrons. The van der Waals surface area contributed by atoms with Crippen molar-refractivity contribution < 1.29 is 18.7 Å². The van der Waals surface area contributed by atoms with E-state index in [4.69, 9.17) is 21.1 Å². The highest BCUT2D eigenvalue weighted by Gasteiger charge is 2.20. The maximum absolute atomic E-state index is 14.9. The van der Waals surface area contributed by atoms with Crippen LogP contribution in [0.15, 0.2) is 72.8 Å². The summed E-state index contributed by atoms with van der Waals surface area (Å²) in [6.07, 6.45) is 0. The van der Waals surface area contributed by atoms with E-state index in [1.165, 1.54) is 12.1 Å². The summed E-state index contributed by atoms with van der Waals surface area (Å²) in [5.74, 6) is -1.43. The van der Waals surface area contributed by atoms with Gasteiger partial charge in [0.2, 0.25) is 0 Å². The van der Waals surface area contributed by atoms with Crippen LogP contribution in [-0.4, -0.2) is 11.7 Å². The van der Waals surface area contributed by atoms with Crippen molar-refractivity contribution in [1.82, 2.24) is 0 Å². The van der Waals surface area contributed by atoms with Crippen molar-refractivity contribution in [2.45, 2.75) is 13.2 Å². The van der Waals surface area contributed by atoms with Gasteiger partial charge in [-0.05, 0) is 23.3 Å². The number of Topliss-reactive ketones (excluding diaryl/α,β-unsaturated/α-hetero) is 1. The number of ketones is 1. The number of alkyl halides is 1. The molecule has 0 aromatic heterocycles. The van der Waals surface area contributed by atoms with Gasteiger partial charge in [-0.2, -0.15) is 0 Å². The minimum atomic E-state index is -0.762.